The standard InChI is InChI=1S/C23H21N3O2.C2HF3O2/c1-27-19-9-5-7-17(13-19)15-26-16-25-22(20-10-3-4-11-21(20)28-2)23(26)18-8-6-12-24-14-18;3-2(4,5)1(6)7/h3-14,16H,15H2,1-2H3;(H,6,7). The number of pyridine rings is 1. The SMILES string of the molecule is COc1cccc(Cn2cnc(-c3ccccc3OC)c2-c2cccnc2)c1.O=C(O)C(F)(F)F. The molecule has 0 saturated carbocycles. The van der Waals surface area contributed by atoms with Crippen LogP contribution in [0.15, 0.2) is 79.4 Å². The molecule has 4 aromatic rings. The van der Waals surface area contributed by atoms with Crippen molar-refractivity contribution in [3.63, 3.8) is 0 Å². The molecule has 0 unspecified atom stereocenters. The predicted molar refractivity (Wildman–Crippen MR) is 123 cm³/mol. The summed E-state index contributed by atoms with van der Waals surface area (Å²) in [4.78, 5) is 17.9. The van der Waals surface area contributed by atoms with Gasteiger partial charge in [-0.3, -0.25) is 4.98 Å². The van der Waals surface area contributed by atoms with Gasteiger partial charge in [-0.25, -0.2) is 9.78 Å². The molecular formula is C25H22F3N3O4. The molecule has 0 radical (unpaired) electrons. The maximum absolute atomic E-state index is 10.6. The normalized spacial score (nSPS) is 10.8. The van der Waals surface area contributed by atoms with Crippen LogP contribution in [0.5, 0.6) is 11.5 Å². The summed E-state index contributed by atoms with van der Waals surface area (Å²) < 4.78 is 44.8. The number of rotatable bonds is 6. The van der Waals surface area contributed by atoms with Gasteiger partial charge in [0, 0.05) is 30.1 Å². The minimum absolute atomic E-state index is 0.670. The van der Waals surface area contributed by atoms with Crippen LogP contribution in [-0.2, 0) is 11.3 Å². The number of carboxylic acid groups (broad SMARTS) is 1. The fourth-order valence-electron chi connectivity index (χ4n) is 3.31. The number of methoxy groups -OCH3 is 2. The molecule has 0 aliphatic heterocycles. The molecule has 2 aromatic heterocycles. The molecule has 0 fully saturated rings. The van der Waals surface area contributed by atoms with Gasteiger partial charge in [-0.1, -0.05) is 24.3 Å². The third-order valence-electron chi connectivity index (χ3n) is 4.86. The van der Waals surface area contributed by atoms with E-state index in [1.54, 1.807) is 20.4 Å². The van der Waals surface area contributed by atoms with Crippen LogP contribution in [0.1, 0.15) is 5.56 Å². The van der Waals surface area contributed by atoms with Gasteiger partial charge in [0.05, 0.1) is 26.2 Å². The van der Waals surface area contributed by atoms with Crippen molar-refractivity contribution in [3.05, 3.63) is 84.9 Å². The minimum Gasteiger partial charge on any atom is -0.497 e. The van der Waals surface area contributed by atoms with Crippen LogP contribution in [0.2, 0.25) is 0 Å². The highest BCUT2D eigenvalue weighted by Gasteiger charge is 2.38. The molecule has 7 nitrogen and oxygen atoms in total. The number of benzene rings is 2. The molecule has 1 N–H and O–H groups in total. The van der Waals surface area contributed by atoms with Gasteiger partial charge in [0.2, 0.25) is 0 Å². The lowest BCUT2D eigenvalue weighted by atomic mass is 10.0. The number of nitrogens with zero attached hydrogens (tertiary/aromatic N) is 3. The Morgan fingerprint density at radius 2 is 1.77 bits per heavy atom. The summed E-state index contributed by atoms with van der Waals surface area (Å²) in [6, 6.07) is 20.0. The maximum Gasteiger partial charge on any atom is 0.490 e. The van der Waals surface area contributed by atoms with E-state index in [1.807, 2.05) is 67.1 Å². The number of aromatic nitrogens is 3. The third kappa shape index (κ3) is 6.38. The lowest BCUT2D eigenvalue weighted by Gasteiger charge is -2.13. The summed E-state index contributed by atoms with van der Waals surface area (Å²) >= 11 is 0. The number of alkyl halides is 3. The zero-order chi connectivity index (χ0) is 25.4. The minimum atomic E-state index is -5.08. The molecule has 0 bridgehead atoms. The number of ether oxygens (including phenoxy) is 2. The number of hydrogen-bond donors (Lipinski definition) is 1. The fourth-order valence-corrected chi connectivity index (χ4v) is 3.31. The van der Waals surface area contributed by atoms with E-state index in [9.17, 15) is 13.2 Å². The molecule has 2 heterocycles. The van der Waals surface area contributed by atoms with Gasteiger partial charge in [-0.15, -0.1) is 0 Å². The molecule has 0 aliphatic carbocycles. The maximum atomic E-state index is 10.6. The van der Waals surface area contributed by atoms with Crippen molar-refractivity contribution in [1.29, 1.82) is 0 Å². The van der Waals surface area contributed by atoms with Crippen LogP contribution < -0.4 is 9.47 Å². The number of para-hydroxylation sites is 1. The molecule has 0 aliphatic rings. The van der Waals surface area contributed by atoms with Crippen LogP contribution in [0, 0.1) is 0 Å². The van der Waals surface area contributed by atoms with Gasteiger partial charge in [-0.2, -0.15) is 13.2 Å². The first-order valence-electron chi connectivity index (χ1n) is 10.3. The molecule has 2 aromatic carbocycles. The quantitative estimate of drug-likeness (QED) is 0.398. The number of aliphatic carboxylic acids is 1. The van der Waals surface area contributed by atoms with Crippen LogP contribution >= 0.6 is 0 Å². The molecule has 0 saturated heterocycles. The number of carboxylic acids is 1. The molecule has 0 amide bonds. The first kappa shape index (κ1) is 25.3. The summed E-state index contributed by atoms with van der Waals surface area (Å²) in [6.07, 6.45) is 0.413. The second kappa shape index (κ2) is 11.2. The average molecular weight is 485 g/mol. The van der Waals surface area contributed by atoms with Crippen molar-refractivity contribution in [3.8, 4) is 34.0 Å². The molecule has 35 heavy (non-hydrogen) atoms. The zero-order valence-electron chi connectivity index (χ0n) is 18.9. The lowest BCUT2D eigenvalue weighted by molar-refractivity contribution is -0.192. The van der Waals surface area contributed by atoms with Gasteiger partial charge in [-0.05, 0) is 42.0 Å². The van der Waals surface area contributed by atoms with Gasteiger partial charge in [0.1, 0.15) is 17.2 Å². The summed E-state index contributed by atoms with van der Waals surface area (Å²) in [5, 5.41) is 7.12. The van der Waals surface area contributed by atoms with Gasteiger partial charge in [0.25, 0.3) is 0 Å². The second-order valence-corrected chi connectivity index (χ2v) is 7.17. The van der Waals surface area contributed by atoms with Crippen LogP contribution in [0.4, 0.5) is 13.2 Å². The van der Waals surface area contributed by atoms with Gasteiger partial charge in [0.15, 0.2) is 0 Å². The number of imidazole rings is 1. The molecular weight excluding hydrogens is 463 g/mol. The number of halogens is 3. The summed E-state index contributed by atoms with van der Waals surface area (Å²) in [6.45, 7) is 0.670. The Morgan fingerprint density at radius 1 is 1.03 bits per heavy atom. The van der Waals surface area contributed by atoms with Crippen molar-refractivity contribution in [2.24, 2.45) is 0 Å². The summed E-state index contributed by atoms with van der Waals surface area (Å²) in [5.74, 6) is -1.13. The highest BCUT2D eigenvalue weighted by Crippen LogP contribution is 2.36. The zero-order valence-corrected chi connectivity index (χ0v) is 18.9. The molecule has 0 atom stereocenters. The Labute approximate surface area is 199 Å². The van der Waals surface area contributed by atoms with E-state index >= 15 is 0 Å². The number of hydrogen-bond acceptors (Lipinski definition) is 5. The lowest BCUT2D eigenvalue weighted by Crippen LogP contribution is -2.21. The molecule has 182 valence electrons. The monoisotopic (exact) mass is 485 g/mol. The third-order valence-corrected chi connectivity index (χ3v) is 4.86. The van der Waals surface area contributed by atoms with E-state index in [0.29, 0.717) is 6.54 Å². The molecule has 4 rings (SSSR count). The largest absolute Gasteiger partial charge is 0.497 e. The Kier molecular flexibility index (Phi) is 8.08. The van der Waals surface area contributed by atoms with Crippen molar-refractivity contribution in [1.82, 2.24) is 14.5 Å². The van der Waals surface area contributed by atoms with Crippen molar-refractivity contribution < 1.29 is 32.5 Å². The van der Waals surface area contributed by atoms with E-state index in [-0.39, 0.29) is 0 Å². The molecule has 0 spiro atoms. The van der Waals surface area contributed by atoms with Crippen LogP contribution in [-0.4, -0.2) is 46.0 Å². The van der Waals surface area contributed by atoms with Crippen LogP contribution in [0.25, 0.3) is 22.5 Å². The topological polar surface area (TPSA) is 86.5 Å². The Morgan fingerprint density at radius 3 is 2.40 bits per heavy atom. The van der Waals surface area contributed by atoms with Crippen molar-refractivity contribution >= 4 is 5.97 Å². The van der Waals surface area contributed by atoms with E-state index in [1.165, 1.54) is 0 Å². The van der Waals surface area contributed by atoms with Crippen molar-refractivity contribution in [2.45, 2.75) is 12.7 Å². The molecule has 10 heteroatoms. The van der Waals surface area contributed by atoms with Crippen LogP contribution in [0.3, 0.4) is 0 Å². The van der Waals surface area contributed by atoms with Crippen molar-refractivity contribution in [2.75, 3.05) is 14.2 Å². The average Bonchev–Trinajstić information content (AvgIpc) is 3.27. The van der Waals surface area contributed by atoms with E-state index in [2.05, 4.69) is 15.6 Å². The van der Waals surface area contributed by atoms with E-state index < -0.39 is 12.1 Å². The summed E-state index contributed by atoms with van der Waals surface area (Å²) in [5.41, 5.74) is 4.96. The highest BCUT2D eigenvalue weighted by molar-refractivity contribution is 5.81. The van der Waals surface area contributed by atoms with Gasteiger partial charge >= 0.3 is 12.1 Å². The Hall–Kier alpha value is -4.34. The Bertz CT molecular complexity index is 1270. The fraction of sp³-hybridized carbons (Fsp3) is 0.160. The summed E-state index contributed by atoms with van der Waals surface area (Å²) in [7, 11) is 3.35. The van der Waals surface area contributed by atoms with E-state index in [4.69, 9.17) is 24.4 Å². The highest BCUT2D eigenvalue weighted by atomic mass is 19.4. The predicted octanol–water partition coefficient (Wildman–Crippen LogP) is 5.31. The Balaban J connectivity index is 0.000000429. The van der Waals surface area contributed by atoms with E-state index in [0.717, 1.165) is 39.6 Å². The number of carbonyl (C=O) groups is 1. The second-order valence-electron chi connectivity index (χ2n) is 7.17. The smallest absolute Gasteiger partial charge is 0.490 e. The van der Waals surface area contributed by atoms with Gasteiger partial charge < -0.3 is 19.1 Å². The first-order chi connectivity index (χ1) is 16.7. The first-order valence-corrected chi connectivity index (χ1v) is 10.3.